The molecule has 5 rings (SSSR count). The lowest BCUT2D eigenvalue weighted by Gasteiger charge is -2.24. The Hall–Kier alpha value is -3.18. The predicted octanol–water partition coefficient (Wildman–Crippen LogP) is 6.89. The molecule has 4 aromatic rings. The lowest BCUT2D eigenvalue weighted by atomic mass is 9.92. The van der Waals surface area contributed by atoms with Crippen LogP contribution in [0.2, 0.25) is 0 Å². The number of halogens is 2. The number of hydrogen-bond acceptors (Lipinski definition) is 3. The largest absolute Gasteiger partial charge is 0.497 e. The summed E-state index contributed by atoms with van der Waals surface area (Å²) in [6.07, 6.45) is 0. The lowest BCUT2D eigenvalue weighted by molar-refractivity contribution is 0.301. The first-order valence-corrected chi connectivity index (χ1v) is 10.3. The Kier molecular flexibility index (Phi) is 4.75. The molecule has 1 aromatic heterocycles. The van der Waals surface area contributed by atoms with Crippen LogP contribution in [0.3, 0.4) is 0 Å². The number of hydrogen-bond donors (Lipinski definition) is 0. The quantitative estimate of drug-likeness (QED) is 0.333. The fourth-order valence-electron chi connectivity index (χ4n) is 3.70. The molecule has 3 aromatic carbocycles. The second kappa shape index (κ2) is 7.58. The van der Waals surface area contributed by atoms with E-state index in [1.54, 1.807) is 13.2 Å². The van der Waals surface area contributed by atoms with E-state index < -0.39 is 0 Å². The second-order valence-corrected chi connectivity index (χ2v) is 7.96. The van der Waals surface area contributed by atoms with Gasteiger partial charge in [0.05, 0.1) is 18.5 Å². The topological polar surface area (TPSA) is 31.4 Å². The zero-order valence-electron chi connectivity index (χ0n) is 16.2. The van der Waals surface area contributed by atoms with E-state index in [0.29, 0.717) is 17.9 Å². The maximum Gasteiger partial charge on any atom is 0.129 e. The predicted molar refractivity (Wildman–Crippen MR) is 119 cm³/mol. The van der Waals surface area contributed by atoms with Gasteiger partial charge in [0.1, 0.15) is 23.9 Å². The molecule has 0 bridgehead atoms. The summed E-state index contributed by atoms with van der Waals surface area (Å²) in [7, 11) is 1.65. The highest BCUT2D eigenvalue weighted by Crippen LogP contribution is 2.42. The van der Waals surface area contributed by atoms with Gasteiger partial charge in [-0.2, -0.15) is 0 Å². The van der Waals surface area contributed by atoms with Crippen molar-refractivity contribution in [2.24, 2.45) is 0 Å². The molecule has 30 heavy (non-hydrogen) atoms. The molecule has 0 radical (unpaired) electrons. The second-order valence-electron chi connectivity index (χ2n) is 7.05. The van der Waals surface area contributed by atoms with E-state index >= 15 is 0 Å². The van der Waals surface area contributed by atoms with Crippen LogP contribution in [0, 0.1) is 5.82 Å². The third-order valence-corrected chi connectivity index (χ3v) is 5.76. The fraction of sp³-hybridized carbons (Fsp3) is 0.0800. The summed E-state index contributed by atoms with van der Waals surface area (Å²) in [5.41, 5.74) is 6.21. The van der Waals surface area contributed by atoms with Crippen LogP contribution in [0.1, 0.15) is 5.56 Å². The van der Waals surface area contributed by atoms with Gasteiger partial charge >= 0.3 is 0 Å². The molecule has 0 amide bonds. The highest BCUT2D eigenvalue weighted by molar-refractivity contribution is 9.10. The molecule has 0 unspecified atom stereocenters. The van der Waals surface area contributed by atoms with Crippen molar-refractivity contribution >= 4 is 15.9 Å². The first-order chi connectivity index (χ1) is 14.6. The minimum atomic E-state index is -0.313. The van der Waals surface area contributed by atoms with Crippen LogP contribution < -0.4 is 9.47 Å². The summed E-state index contributed by atoms with van der Waals surface area (Å²) in [6.45, 7) is 0.378. The van der Waals surface area contributed by atoms with Crippen LogP contribution in [0.4, 0.5) is 4.39 Å². The maximum absolute atomic E-state index is 14.1. The third kappa shape index (κ3) is 3.35. The lowest BCUT2D eigenvalue weighted by Crippen LogP contribution is -2.10. The average Bonchev–Trinajstić information content (AvgIpc) is 2.79. The van der Waals surface area contributed by atoms with Gasteiger partial charge in [0.2, 0.25) is 0 Å². The maximum atomic E-state index is 14.1. The summed E-state index contributed by atoms with van der Waals surface area (Å²) in [5, 5.41) is 0. The molecule has 0 atom stereocenters. The van der Waals surface area contributed by atoms with Gasteiger partial charge in [0, 0.05) is 21.2 Å². The van der Waals surface area contributed by atoms with Gasteiger partial charge < -0.3 is 9.47 Å². The van der Waals surface area contributed by atoms with Crippen molar-refractivity contribution in [1.29, 1.82) is 0 Å². The van der Waals surface area contributed by atoms with Crippen molar-refractivity contribution in [3.63, 3.8) is 0 Å². The van der Waals surface area contributed by atoms with E-state index in [1.807, 2.05) is 48.5 Å². The van der Waals surface area contributed by atoms with Crippen LogP contribution >= 0.6 is 15.9 Å². The monoisotopic (exact) mass is 461 g/mol. The first kappa shape index (κ1) is 18.8. The summed E-state index contributed by atoms with van der Waals surface area (Å²) < 4.78 is 26.3. The zero-order chi connectivity index (χ0) is 20.7. The Morgan fingerprint density at radius 3 is 2.37 bits per heavy atom. The van der Waals surface area contributed by atoms with Gasteiger partial charge in [-0.15, -0.1) is 0 Å². The number of rotatable bonds is 3. The van der Waals surface area contributed by atoms with E-state index in [9.17, 15) is 4.39 Å². The number of fused-ring (bicyclic) bond motifs is 3. The molecule has 0 N–H and O–H groups in total. The smallest absolute Gasteiger partial charge is 0.129 e. The third-order valence-electron chi connectivity index (χ3n) is 5.23. The number of aromatic nitrogens is 1. The van der Waals surface area contributed by atoms with Gasteiger partial charge in [-0.05, 0) is 59.7 Å². The molecular formula is C25H17BrFNO2. The van der Waals surface area contributed by atoms with Crippen LogP contribution in [-0.2, 0) is 6.61 Å². The average molecular weight is 462 g/mol. The van der Waals surface area contributed by atoms with E-state index in [-0.39, 0.29) is 5.82 Å². The zero-order valence-corrected chi connectivity index (χ0v) is 17.7. The molecule has 3 nitrogen and oxygen atoms in total. The van der Waals surface area contributed by atoms with Crippen molar-refractivity contribution in [2.45, 2.75) is 6.61 Å². The molecular weight excluding hydrogens is 445 g/mol. The molecule has 0 aliphatic carbocycles. The van der Waals surface area contributed by atoms with Crippen molar-refractivity contribution in [3.05, 3.63) is 88.6 Å². The minimum Gasteiger partial charge on any atom is -0.497 e. The van der Waals surface area contributed by atoms with Gasteiger partial charge in [-0.1, -0.05) is 40.2 Å². The van der Waals surface area contributed by atoms with E-state index in [2.05, 4.69) is 22.0 Å². The van der Waals surface area contributed by atoms with Gasteiger partial charge in [0.15, 0.2) is 0 Å². The molecule has 5 heteroatoms. The minimum absolute atomic E-state index is 0.313. The van der Waals surface area contributed by atoms with Crippen molar-refractivity contribution in [1.82, 2.24) is 4.98 Å². The fourth-order valence-corrected chi connectivity index (χ4v) is 3.96. The van der Waals surface area contributed by atoms with Crippen LogP contribution in [0.5, 0.6) is 11.5 Å². The Morgan fingerprint density at radius 1 is 0.900 bits per heavy atom. The number of benzene rings is 3. The van der Waals surface area contributed by atoms with Crippen molar-refractivity contribution < 1.29 is 13.9 Å². The SMILES string of the molecule is COc1ccc(-c2cc(-c3ccc(Br)cc3)nc3c2COc2ccc(F)cc2-3)cc1. The van der Waals surface area contributed by atoms with E-state index in [0.717, 1.165) is 43.9 Å². The number of ether oxygens (including phenoxy) is 2. The molecule has 1 aliphatic rings. The Balaban J connectivity index is 1.76. The molecule has 0 saturated heterocycles. The van der Waals surface area contributed by atoms with Crippen molar-refractivity contribution in [2.75, 3.05) is 7.11 Å². The summed E-state index contributed by atoms with van der Waals surface area (Å²) in [4.78, 5) is 4.93. The summed E-state index contributed by atoms with van der Waals surface area (Å²) in [5.74, 6) is 1.12. The first-order valence-electron chi connectivity index (χ1n) is 9.49. The molecule has 2 heterocycles. The van der Waals surface area contributed by atoms with Gasteiger partial charge in [-0.3, -0.25) is 0 Å². The molecule has 148 valence electrons. The Labute approximate surface area is 182 Å². The van der Waals surface area contributed by atoms with Gasteiger partial charge in [-0.25, -0.2) is 9.37 Å². The normalized spacial score (nSPS) is 12.0. The van der Waals surface area contributed by atoms with Crippen LogP contribution in [0.25, 0.3) is 33.6 Å². The van der Waals surface area contributed by atoms with E-state index in [4.69, 9.17) is 14.5 Å². The highest BCUT2D eigenvalue weighted by atomic mass is 79.9. The van der Waals surface area contributed by atoms with Crippen LogP contribution in [-0.4, -0.2) is 12.1 Å². The molecule has 1 aliphatic heterocycles. The molecule has 0 spiro atoms. The molecule has 0 saturated carbocycles. The Morgan fingerprint density at radius 2 is 1.63 bits per heavy atom. The Bertz CT molecular complexity index is 1240. The summed E-state index contributed by atoms with van der Waals surface area (Å²) in [6, 6.07) is 22.5. The van der Waals surface area contributed by atoms with E-state index in [1.165, 1.54) is 12.1 Å². The number of nitrogens with zero attached hydrogens (tertiary/aromatic N) is 1. The van der Waals surface area contributed by atoms with Crippen LogP contribution in [0.15, 0.2) is 77.3 Å². The summed E-state index contributed by atoms with van der Waals surface area (Å²) >= 11 is 3.48. The molecule has 0 fully saturated rings. The standard InChI is InChI=1S/C25H17BrFNO2/c1-29-19-9-4-15(5-10-19)20-13-23(16-2-6-17(26)7-3-16)28-25-21-12-18(27)8-11-24(21)30-14-22(20)25/h2-13H,14H2,1H3. The number of pyridine rings is 1. The van der Waals surface area contributed by atoms with Gasteiger partial charge in [0.25, 0.3) is 0 Å². The highest BCUT2D eigenvalue weighted by Gasteiger charge is 2.24. The van der Waals surface area contributed by atoms with Crippen molar-refractivity contribution in [3.8, 4) is 45.1 Å². The number of methoxy groups -OCH3 is 1.